The lowest BCUT2D eigenvalue weighted by atomic mass is 9.79. The van der Waals surface area contributed by atoms with Gasteiger partial charge in [0.1, 0.15) is 4.88 Å². The summed E-state index contributed by atoms with van der Waals surface area (Å²) in [6.45, 7) is 8.60. The van der Waals surface area contributed by atoms with Gasteiger partial charge in [0.25, 0.3) is 5.91 Å². The second-order valence-electron chi connectivity index (χ2n) is 7.86. The van der Waals surface area contributed by atoms with Gasteiger partial charge in [-0.2, -0.15) is 0 Å². The number of hydrogen-bond donors (Lipinski definition) is 0. The Labute approximate surface area is 163 Å². The van der Waals surface area contributed by atoms with E-state index in [-0.39, 0.29) is 11.4 Å². The zero-order valence-corrected chi connectivity index (χ0v) is 17.0. The Bertz CT molecular complexity index is 1020. The normalized spacial score (nSPS) is 18.8. The summed E-state index contributed by atoms with van der Waals surface area (Å²) in [7, 11) is 0. The zero-order valence-electron chi connectivity index (χ0n) is 15.5. The second kappa shape index (κ2) is 6.11. The van der Waals surface area contributed by atoms with Crippen LogP contribution in [0.2, 0.25) is 5.02 Å². The smallest absolute Gasteiger partial charge is 0.270 e. The molecule has 1 aromatic heterocycles. The standard InChI is InChI=1S/C22H22ClNOS/c1-13-9-10-15-14(2)12-22(3,4)24(17(15)11-13)21(25)20-19(23)16-7-5-6-8-18(16)26-20/h5-11,14H,12H2,1-4H3. The fourth-order valence-corrected chi connectivity index (χ4v) is 5.62. The summed E-state index contributed by atoms with van der Waals surface area (Å²) in [6.07, 6.45) is 0.928. The number of anilines is 1. The lowest BCUT2D eigenvalue weighted by molar-refractivity contribution is 0.0958. The first-order valence-electron chi connectivity index (χ1n) is 8.92. The van der Waals surface area contributed by atoms with E-state index >= 15 is 0 Å². The SMILES string of the molecule is Cc1ccc2c(c1)N(C(=O)c1sc3ccccc3c1Cl)C(C)(C)CC2C. The van der Waals surface area contributed by atoms with E-state index in [4.69, 9.17) is 11.6 Å². The number of halogens is 1. The van der Waals surface area contributed by atoms with E-state index in [9.17, 15) is 4.79 Å². The van der Waals surface area contributed by atoms with Gasteiger partial charge in [0.2, 0.25) is 0 Å². The fourth-order valence-electron chi connectivity index (χ4n) is 4.18. The molecular weight excluding hydrogens is 362 g/mol. The molecule has 134 valence electrons. The maximum atomic E-state index is 13.6. The van der Waals surface area contributed by atoms with Gasteiger partial charge in [0, 0.05) is 21.3 Å². The quantitative estimate of drug-likeness (QED) is 0.452. The topological polar surface area (TPSA) is 20.3 Å². The fraction of sp³-hybridized carbons (Fsp3) is 0.318. The molecule has 2 heterocycles. The highest BCUT2D eigenvalue weighted by molar-refractivity contribution is 7.21. The molecule has 1 unspecified atom stereocenters. The molecule has 0 fully saturated rings. The molecule has 2 aromatic carbocycles. The number of carbonyl (C=O) groups excluding carboxylic acids is 1. The van der Waals surface area contributed by atoms with Gasteiger partial charge in [-0.3, -0.25) is 4.79 Å². The Morgan fingerprint density at radius 3 is 2.69 bits per heavy atom. The first-order valence-corrected chi connectivity index (χ1v) is 10.1. The zero-order chi connectivity index (χ0) is 18.6. The summed E-state index contributed by atoms with van der Waals surface area (Å²) in [5.41, 5.74) is 3.15. The number of fused-ring (bicyclic) bond motifs is 2. The Kier molecular flexibility index (Phi) is 4.13. The number of rotatable bonds is 1. The summed E-state index contributed by atoms with van der Waals surface area (Å²) in [4.78, 5) is 16.2. The minimum absolute atomic E-state index is 0.0000463. The third-order valence-corrected chi connectivity index (χ3v) is 6.96. The molecule has 26 heavy (non-hydrogen) atoms. The molecule has 1 aliphatic heterocycles. The van der Waals surface area contributed by atoms with Crippen molar-refractivity contribution in [1.82, 2.24) is 0 Å². The first-order chi connectivity index (χ1) is 12.3. The molecule has 0 bridgehead atoms. The number of nitrogens with zero attached hydrogens (tertiary/aromatic N) is 1. The van der Waals surface area contributed by atoms with E-state index in [0.29, 0.717) is 15.8 Å². The number of thiophene rings is 1. The summed E-state index contributed by atoms with van der Waals surface area (Å²) >= 11 is 8.10. The van der Waals surface area contributed by atoms with Crippen LogP contribution in [0.4, 0.5) is 5.69 Å². The van der Waals surface area contributed by atoms with Crippen LogP contribution in [0.1, 0.15) is 53.9 Å². The highest BCUT2D eigenvalue weighted by Gasteiger charge is 2.41. The lowest BCUT2D eigenvalue weighted by Crippen LogP contribution is -2.51. The largest absolute Gasteiger partial charge is 0.302 e. The van der Waals surface area contributed by atoms with Crippen LogP contribution in [-0.2, 0) is 0 Å². The summed E-state index contributed by atoms with van der Waals surface area (Å²) in [6, 6.07) is 14.4. The highest BCUT2D eigenvalue weighted by Crippen LogP contribution is 2.46. The maximum Gasteiger partial charge on any atom is 0.270 e. The number of amides is 1. The van der Waals surface area contributed by atoms with Crippen molar-refractivity contribution in [3.63, 3.8) is 0 Å². The molecule has 3 aromatic rings. The molecular formula is C22H22ClNOS. The monoisotopic (exact) mass is 383 g/mol. The summed E-state index contributed by atoms with van der Waals surface area (Å²) < 4.78 is 1.05. The average molecular weight is 384 g/mol. The van der Waals surface area contributed by atoms with Crippen molar-refractivity contribution in [2.24, 2.45) is 0 Å². The van der Waals surface area contributed by atoms with Crippen molar-refractivity contribution < 1.29 is 4.79 Å². The van der Waals surface area contributed by atoms with Crippen molar-refractivity contribution in [2.75, 3.05) is 4.90 Å². The van der Waals surface area contributed by atoms with E-state index in [1.807, 2.05) is 29.2 Å². The Morgan fingerprint density at radius 1 is 1.23 bits per heavy atom. The molecule has 4 rings (SSSR count). The number of aryl methyl sites for hydroxylation is 1. The molecule has 2 nitrogen and oxygen atoms in total. The number of carbonyl (C=O) groups is 1. The summed E-state index contributed by atoms with van der Waals surface area (Å²) in [5.74, 6) is 0.419. The third kappa shape index (κ3) is 2.65. The van der Waals surface area contributed by atoms with Crippen LogP contribution in [0.3, 0.4) is 0 Å². The lowest BCUT2D eigenvalue weighted by Gasteiger charge is -2.46. The van der Waals surface area contributed by atoms with E-state index in [1.54, 1.807) is 0 Å². The van der Waals surface area contributed by atoms with E-state index in [2.05, 4.69) is 45.9 Å². The molecule has 0 N–H and O–H groups in total. The first kappa shape index (κ1) is 17.6. The van der Waals surface area contributed by atoms with E-state index in [0.717, 1.165) is 27.8 Å². The molecule has 1 amide bonds. The van der Waals surface area contributed by atoms with Gasteiger partial charge in [-0.1, -0.05) is 48.9 Å². The van der Waals surface area contributed by atoms with Crippen LogP contribution in [0, 0.1) is 6.92 Å². The molecule has 0 spiro atoms. The van der Waals surface area contributed by atoms with Crippen molar-refractivity contribution >= 4 is 44.6 Å². The van der Waals surface area contributed by atoms with Crippen molar-refractivity contribution in [2.45, 2.75) is 45.6 Å². The predicted octanol–water partition coefficient (Wildman–Crippen LogP) is 6.80. The Balaban J connectivity index is 1.90. The Morgan fingerprint density at radius 2 is 1.96 bits per heavy atom. The van der Waals surface area contributed by atoms with Crippen LogP contribution >= 0.6 is 22.9 Å². The predicted molar refractivity (Wildman–Crippen MR) is 112 cm³/mol. The minimum atomic E-state index is -0.267. The van der Waals surface area contributed by atoms with E-state index in [1.165, 1.54) is 16.9 Å². The van der Waals surface area contributed by atoms with Crippen molar-refractivity contribution in [3.05, 3.63) is 63.5 Å². The van der Waals surface area contributed by atoms with Crippen LogP contribution in [0.25, 0.3) is 10.1 Å². The van der Waals surface area contributed by atoms with Gasteiger partial charge in [-0.05, 0) is 56.4 Å². The molecule has 0 aliphatic carbocycles. The van der Waals surface area contributed by atoms with Gasteiger partial charge in [-0.25, -0.2) is 0 Å². The number of hydrogen-bond acceptors (Lipinski definition) is 2. The molecule has 1 atom stereocenters. The Hall–Kier alpha value is -1.84. The van der Waals surface area contributed by atoms with Crippen LogP contribution in [0.15, 0.2) is 42.5 Å². The van der Waals surface area contributed by atoms with E-state index < -0.39 is 0 Å². The maximum absolute atomic E-state index is 13.6. The van der Waals surface area contributed by atoms with Crippen LogP contribution in [-0.4, -0.2) is 11.4 Å². The molecule has 1 aliphatic rings. The third-order valence-electron chi connectivity index (χ3n) is 5.30. The van der Waals surface area contributed by atoms with Crippen LogP contribution < -0.4 is 4.90 Å². The van der Waals surface area contributed by atoms with Gasteiger partial charge in [0.15, 0.2) is 0 Å². The molecule has 0 radical (unpaired) electrons. The molecule has 0 saturated heterocycles. The van der Waals surface area contributed by atoms with Crippen molar-refractivity contribution in [1.29, 1.82) is 0 Å². The number of benzene rings is 2. The summed E-state index contributed by atoms with van der Waals surface area (Å²) in [5, 5.41) is 1.52. The van der Waals surface area contributed by atoms with Crippen LogP contribution in [0.5, 0.6) is 0 Å². The van der Waals surface area contributed by atoms with Gasteiger partial charge in [-0.15, -0.1) is 11.3 Å². The van der Waals surface area contributed by atoms with Gasteiger partial charge in [0.05, 0.1) is 5.02 Å². The second-order valence-corrected chi connectivity index (χ2v) is 9.29. The average Bonchev–Trinajstić information content (AvgIpc) is 2.91. The molecule has 4 heteroatoms. The minimum Gasteiger partial charge on any atom is -0.302 e. The highest BCUT2D eigenvalue weighted by atomic mass is 35.5. The van der Waals surface area contributed by atoms with Gasteiger partial charge >= 0.3 is 0 Å². The van der Waals surface area contributed by atoms with Crippen molar-refractivity contribution in [3.8, 4) is 0 Å². The molecule has 0 saturated carbocycles. The van der Waals surface area contributed by atoms with Gasteiger partial charge < -0.3 is 4.90 Å².